The fraction of sp³-hybridized carbons (Fsp3) is 0.344. The number of hydrogen-bond donors (Lipinski definition) is 1. The molecule has 5 rings (SSSR count). The van der Waals surface area contributed by atoms with Gasteiger partial charge in [-0.2, -0.15) is 0 Å². The Morgan fingerprint density at radius 3 is 2.29 bits per heavy atom. The van der Waals surface area contributed by atoms with Gasteiger partial charge < -0.3 is 5.11 Å². The van der Waals surface area contributed by atoms with Crippen LogP contribution in [0.3, 0.4) is 0 Å². The van der Waals surface area contributed by atoms with Crippen molar-refractivity contribution < 1.29 is 43.2 Å². The normalized spacial score (nSPS) is 12.2. The first-order valence-corrected chi connectivity index (χ1v) is 17.3. The van der Waals surface area contributed by atoms with Gasteiger partial charge in [0.1, 0.15) is 0 Å². The van der Waals surface area contributed by atoms with Gasteiger partial charge in [0.25, 0.3) is 0 Å². The van der Waals surface area contributed by atoms with E-state index in [-0.39, 0.29) is 83.4 Å². The molecule has 1 radical (unpaired) electrons. The summed E-state index contributed by atoms with van der Waals surface area (Å²) in [5.41, 5.74) is -0.158. The molecule has 2 aromatic carbocycles. The Balaban J connectivity index is 0.000000263. The fourth-order valence-electron chi connectivity index (χ4n) is 4.93. The Kier molecular flexibility index (Phi) is 12.4. The first-order chi connectivity index (χ1) is 19.6. The van der Waals surface area contributed by atoms with Crippen molar-refractivity contribution in [3.8, 4) is 10.1 Å². The smallest absolute Gasteiger partial charge is 0 e. The zero-order valence-corrected chi connectivity index (χ0v) is 29.5. The summed E-state index contributed by atoms with van der Waals surface area (Å²) >= 11 is 0.293. The van der Waals surface area contributed by atoms with Crippen molar-refractivity contribution in [2.24, 2.45) is 11.8 Å². The Morgan fingerprint density at radius 2 is 1.67 bits per heavy atom. The molecule has 0 aliphatic heterocycles. The van der Waals surface area contributed by atoms with Gasteiger partial charge in [-0.05, 0) is 25.7 Å². The van der Waals surface area contributed by atoms with Crippen LogP contribution in [-0.4, -0.2) is 49.9 Å². The maximum absolute atomic E-state index is 13.9. The number of aliphatic hydroxyl groups is 1. The topological polar surface area (TPSA) is 63.1 Å². The van der Waals surface area contributed by atoms with E-state index in [0.717, 1.165) is 30.1 Å². The van der Waals surface area contributed by atoms with Gasteiger partial charge in [0, 0.05) is 38.0 Å². The standard InChI is InChI=1S/C19H8F3N2Se2.C13H24O2.Ir/c20-19(21,22)16-11-4-2-1-3-10(11)7-12-17(23-9-24-18(12)16)15-8-14-13(26-15)5-6-25-14;1-5-10(6-2)12(14)9-13(15)11(7-3)8-4;/h1-7,9H;9-11,14H,5-8H2,1-4H3;/q-1;;/b;12-9-;. The van der Waals surface area contributed by atoms with Crippen LogP contribution in [0.2, 0.25) is 0 Å². The van der Waals surface area contributed by atoms with Crippen molar-refractivity contribution in [2.75, 3.05) is 0 Å². The fourth-order valence-corrected chi connectivity index (χ4v) is 10.0. The molecule has 0 aliphatic carbocycles. The van der Waals surface area contributed by atoms with Crippen molar-refractivity contribution in [2.45, 2.75) is 59.6 Å². The molecule has 5 aromatic rings. The average molecular weight is 884 g/mol. The van der Waals surface area contributed by atoms with Crippen LogP contribution < -0.4 is 0 Å². The number of carbonyl (C=O) groups excluding carboxylic acids is 1. The SMILES string of the molecule is CCC(CC)C(=O)/C=C(\O)C(CC)CC.FC(F)(F)c1c2ccccc2cc2c(-c3[c-]c4[se]ccc4[se]3)ncnc12.[Ir]. The second-order valence-electron chi connectivity index (χ2n) is 9.76. The molecule has 4 nitrogen and oxygen atoms in total. The molecule has 0 saturated carbocycles. The molecule has 0 unspecified atom stereocenters. The van der Waals surface area contributed by atoms with Gasteiger partial charge in [-0.3, -0.25) is 4.79 Å². The number of nitrogens with zero attached hydrogens (tertiary/aromatic N) is 2. The van der Waals surface area contributed by atoms with Crippen molar-refractivity contribution in [3.63, 3.8) is 0 Å². The van der Waals surface area contributed by atoms with Crippen LogP contribution in [0.4, 0.5) is 13.2 Å². The zero-order chi connectivity index (χ0) is 29.7. The maximum atomic E-state index is 13.9. The average Bonchev–Trinajstić information content (AvgIpc) is 3.55. The van der Waals surface area contributed by atoms with Gasteiger partial charge in [-0.15, -0.1) is 0 Å². The number of ketones is 1. The molecule has 10 heteroatoms. The van der Waals surface area contributed by atoms with Gasteiger partial charge in [0.05, 0.1) is 5.76 Å². The summed E-state index contributed by atoms with van der Waals surface area (Å²) < 4.78 is 44.9. The quantitative estimate of drug-likeness (QED) is 0.0560. The second-order valence-corrected chi connectivity index (χ2v) is 13.9. The monoisotopic (exact) mass is 886 g/mol. The van der Waals surface area contributed by atoms with Crippen LogP contribution in [0.25, 0.3) is 40.3 Å². The van der Waals surface area contributed by atoms with Crippen molar-refractivity contribution in [1.82, 2.24) is 9.97 Å². The van der Waals surface area contributed by atoms with Gasteiger partial charge in [0.15, 0.2) is 5.78 Å². The number of alkyl halides is 3. The second kappa shape index (κ2) is 15.1. The summed E-state index contributed by atoms with van der Waals surface area (Å²) in [6.45, 7) is 8.07. The first-order valence-electron chi connectivity index (χ1n) is 13.7. The minimum atomic E-state index is -4.49. The number of benzene rings is 2. The van der Waals surface area contributed by atoms with E-state index >= 15 is 0 Å². The minimum absolute atomic E-state index is 0. The molecule has 3 aromatic heterocycles. The number of fused-ring (bicyclic) bond motifs is 3. The number of carbonyl (C=O) groups is 1. The molecule has 3 heterocycles. The molecule has 0 fully saturated rings. The van der Waals surface area contributed by atoms with Crippen LogP contribution in [0.5, 0.6) is 0 Å². The number of halogens is 3. The summed E-state index contributed by atoms with van der Waals surface area (Å²) in [7, 11) is 0. The predicted molar refractivity (Wildman–Crippen MR) is 162 cm³/mol. The number of hydrogen-bond acceptors (Lipinski definition) is 4. The van der Waals surface area contributed by atoms with Gasteiger partial charge in [0.2, 0.25) is 0 Å². The molecule has 1 N–H and O–H groups in total. The molecular weight excluding hydrogens is 851 g/mol. The molecule has 42 heavy (non-hydrogen) atoms. The molecule has 225 valence electrons. The van der Waals surface area contributed by atoms with Crippen molar-refractivity contribution in [1.29, 1.82) is 0 Å². The van der Waals surface area contributed by atoms with Crippen molar-refractivity contribution >= 4 is 65.0 Å². The number of aromatic nitrogens is 2. The molecule has 0 amide bonds. The predicted octanol–water partition coefficient (Wildman–Crippen LogP) is 8.40. The Labute approximate surface area is 269 Å². The molecule has 0 atom stereocenters. The van der Waals surface area contributed by atoms with Gasteiger partial charge in [-0.25, -0.2) is 0 Å². The summed E-state index contributed by atoms with van der Waals surface area (Å²) in [5, 5.41) is 10.9. The van der Waals surface area contributed by atoms with Crippen LogP contribution in [-0.2, 0) is 31.1 Å². The number of allylic oxidation sites excluding steroid dienone is 2. The summed E-state index contributed by atoms with van der Waals surface area (Å²) in [6.07, 6.45) is 1.65. The third-order valence-corrected chi connectivity index (χ3v) is 11.9. The molecule has 0 aliphatic rings. The van der Waals surface area contributed by atoms with Gasteiger partial charge >= 0.3 is 158 Å². The number of rotatable bonds is 8. The molecule has 0 bridgehead atoms. The Morgan fingerprint density at radius 1 is 1.00 bits per heavy atom. The van der Waals surface area contributed by atoms with E-state index in [4.69, 9.17) is 0 Å². The van der Waals surface area contributed by atoms with Crippen LogP contribution in [0.15, 0.2) is 59.5 Å². The molecule has 0 saturated heterocycles. The first kappa shape index (κ1) is 34.4. The third-order valence-electron chi connectivity index (χ3n) is 7.30. The Bertz CT molecular complexity index is 1660. The minimum Gasteiger partial charge on any atom is 0 e. The largest absolute Gasteiger partial charge is 0 e. The van der Waals surface area contributed by atoms with Gasteiger partial charge in [-0.1, -0.05) is 27.7 Å². The number of aliphatic hydroxyl groups excluding tert-OH is 1. The van der Waals surface area contributed by atoms with E-state index < -0.39 is 11.7 Å². The van der Waals surface area contributed by atoms with E-state index in [0.29, 0.717) is 16.5 Å². The third kappa shape index (κ3) is 7.53. The van der Waals surface area contributed by atoms with E-state index in [1.807, 2.05) is 27.7 Å². The summed E-state index contributed by atoms with van der Waals surface area (Å²) in [4.78, 5) is 22.2. The summed E-state index contributed by atoms with van der Waals surface area (Å²) in [5.74, 6) is 0.547. The van der Waals surface area contributed by atoms with Crippen LogP contribution >= 0.6 is 0 Å². The van der Waals surface area contributed by atoms with Crippen molar-refractivity contribution in [3.05, 3.63) is 71.1 Å². The Hall–Kier alpha value is -2.05. The summed E-state index contributed by atoms with van der Waals surface area (Å²) in [6, 6.07) is 13.8. The molecule has 0 spiro atoms. The molecular formula is C32H32F3IrN2O2Se2-. The maximum Gasteiger partial charge on any atom is 0 e. The van der Waals surface area contributed by atoms with E-state index in [2.05, 4.69) is 27.0 Å². The van der Waals surface area contributed by atoms with E-state index in [1.54, 1.807) is 24.3 Å². The van der Waals surface area contributed by atoms with Crippen LogP contribution in [0, 0.1) is 17.9 Å². The van der Waals surface area contributed by atoms with Crippen LogP contribution in [0.1, 0.15) is 58.9 Å². The van der Waals surface area contributed by atoms with E-state index in [9.17, 15) is 23.1 Å². The van der Waals surface area contributed by atoms with E-state index in [1.165, 1.54) is 27.0 Å². The zero-order valence-electron chi connectivity index (χ0n) is 23.7.